The molecular weight excluding hydrogens is 326 g/mol. The largest absolute Gasteiger partial charge is 0.496 e. The van der Waals surface area contributed by atoms with Gasteiger partial charge >= 0.3 is 0 Å². The summed E-state index contributed by atoms with van der Waals surface area (Å²) < 4.78 is 5.29. The topological polar surface area (TPSA) is 80.3 Å². The number of carbonyl (C=O) groups excluding carboxylic acids is 2. The number of aromatic nitrogens is 1. The molecule has 0 saturated carbocycles. The van der Waals surface area contributed by atoms with Crippen LogP contribution in [0.5, 0.6) is 5.75 Å². The number of hydrogen-bond donors (Lipinski definition) is 2. The quantitative estimate of drug-likeness (QED) is 0.799. The Bertz CT molecular complexity index is 697. The smallest absolute Gasteiger partial charge is 0.261 e. The van der Waals surface area contributed by atoms with Crippen molar-refractivity contribution in [1.29, 1.82) is 0 Å². The highest BCUT2D eigenvalue weighted by Gasteiger charge is 2.17. The van der Waals surface area contributed by atoms with Gasteiger partial charge in [0.2, 0.25) is 5.91 Å². The zero-order chi connectivity index (χ0) is 17.5. The molecule has 2 aromatic rings. The van der Waals surface area contributed by atoms with E-state index in [1.165, 1.54) is 18.4 Å². The van der Waals surface area contributed by atoms with Crippen molar-refractivity contribution in [2.75, 3.05) is 17.7 Å². The van der Waals surface area contributed by atoms with Gasteiger partial charge in [-0.15, -0.1) is 11.3 Å². The highest BCUT2D eigenvalue weighted by atomic mass is 32.1. The number of carbonyl (C=O) groups is 2. The van der Waals surface area contributed by atoms with Crippen molar-refractivity contribution in [3.63, 3.8) is 0 Å². The highest BCUT2D eigenvalue weighted by molar-refractivity contribution is 7.13. The van der Waals surface area contributed by atoms with Gasteiger partial charge in [0.25, 0.3) is 5.91 Å². The minimum atomic E-state index is -0.306. The normalized spacial score (nSPS) is 10.5. The maximum atomic E-state index is 12.3. The molecule has 2 rings (SSSR count). The minimum Gasteiger partial charge on any atom is -0.496 e. The molecule has 1 aromatic heterocycles. The number of nitrogens with one attached hydrogen (secondary N) is 2. The van der Waals surface area contributed by atoms with E-state index in [0.29, 0.717) is 22.1 Å². The Kier molecular flexibility index (Phi) is 6.31. The molecule has 0 bridgehead atoms. The van der Waals surface area contributed by atoms with E-state index in [1.54, 1.807) is 29.8 Å². The van der Waals surface area contributed by atoms with Crippen molar-refractivity contribution < 1.29 is 14.3 Å². The Morgan fingerprint density at radius 2 is 2.00 bits per heavy atom. The van der Waals surface area contributed by atoms with Gasteiger partial charge in [-0.3, -0.25) is 14.9 Å². The predicted octanol–water partition coefficient (Wildman–Crippen LogP) is 3.78. The summed E-state index contributed by atoms with van der Waals surface area (Å²) >= 11 is 1.34. The molecule has 0 aliphatic rings. The predicted molar refractivity (Wildman–Crippen MR) is 95.8 cm³/mol. The van der Waals surface area contributed by atoms with E-state index >= 15 is 0 Å². The van der Waals surface area contributed by atoms with Crippen LogP contribution in [-0.2, 0) is 4.79 Å². The number of amides is 2. The summed E-state index contributed by atoms with van der Waals surface area (Å²) in [7, 11) is 1.49. The van der Waals surface area contributed by atoms with Crippen LogP contribution in [0.25, 0.3) is 0 Å². The second-order valence-corrected chi connectivity index (χ2v) is 6.10. The van der Waals surface area contributed by atoms with Crippen LogP contribution in [0.15, 0.2) is 29.8 Å². The van der Waals surface area contributed by atoms with Crippen molar-refractivity contribution >= 4 is 34.0 Å². The molecule has 6 nitrogen and oxygen atoms in total. The summed E-state index contributed by atoms with van der Waals surface area (Å²) in [6, 6.07) is 4.97. The maximum Gasteiger partial charge on any atom is 0.261 e. The number of hydrogen-bond acceptors (Lipinski definition) is 5. The average molecular weight is 347 g/mol. The van der Waals surface area contributed by atoms with Crippen LogP contribution in [0.1, 0.15) is 37.0 Å². The minimum absolute atomic E-state index is 0.0242. The zero-order valence-corrected chi connectivity index (χ0v) is 14.8. The van der Waals surface area contributed by atoms with Crippen LogP contribution >= 0.6 is 11.3 Å². The van der Waals surface area contributed by atoms with E-state index in [2.05, 4.69) is 15.6 Å². The fourth-order valence-corrected chi connectivity index (χ4v) is 2.83. The lowest BCUT2D eigenvalue weighted by molar-refractivity contribution is -0.120. The summed E-state index contributed by atoms with van der Waals surface area (Å²) in [6.07, 6.45) is 3.19. The standard InChI is InChI=1S/C17H21N3O3S/c1-4-11(5-2)15(21)19-12-6-7-13(14(10-12)23-3)16(22)20-17-18-8-9-24-17/h6-11H,4-5H2,1-3H3,(H,19,21)(H,18,20,22). The van der Waals surface area contributed by atoms with Crippen LogP contribution in [0, 0.1) is 5.92 Å². The Hall–Kier alpha value is -2.41. The SMILES string of the molecule is CCC(CC)C(=O)Nc1ccc(C(=O)Nc2nccs2)c(OC)c1. The fourth-order valence-electron chi connectivity index (χ4n) is 2.31. The molecule has 0 spiro atoms. The number of methoxy groups -OCH3 is 1. The van der Waals surface area contributed by atoms with Crippen LogP contribution < -0.4 is 15.4 Å². The third kappa shape index (κ3) is 4.32. The first kappa shape index (κ1) is 17.9. The summed E-state index contributed by atoms with van der Waals surface area (Å²) in [6.45, 7) is 3.97. The summed E-state index contributed by atoms with van der Waals surface area (Å²) in [5, 5.41) is 7.88. The van der Waals surface area contributed by atoms with Gasteiger partial charge in [0, 0.05) is 29.2 Å². The van der Waals surface area contributed by atoms with Crippen molar-refractivity contribution in [3.05, 3.63) is 35.3 Å². The molecule has 1 aromatic carbocycles. The average Bonchev–Trinajstić information content (AvgIpc) is 3.08. The molecular formula is C17H21N3O3S. The zero-order valence-electron chi connectivity index (χ0n) is 14.0. The lowest BCUT2D eigenvalue weighted by Gasteiger charge is -2.14. The number of thiazole rings is 1. The number of anilines is 2. The molecule has 2 N–H and O–H groups in total. The fraction of sp³-hybridized carbons (Fsp3) is 0.353. The van der Waals surface area contributed by atoms with E-state index in [4.69, 9.17) is 4.74 Å². The molecule has 0 fully saturated rings. The van der Waals surface area contributed by atoms with Crippen molar-refractivity contribution in [3.8, 4) is 5.75 Å². The summed E-state index contributed by atoms with van der Waals surface area (Å²) in [4.78, 5) is 28.5. The number of nitrogens with zero attached hydrogens (tertiary/aromatic N) is 1. The second-order valence-electron chi connectivity index (χ2n) is 5.21. The van der Waals surface area contributed by atoms with E-state index < -0.39 is 0 Å². The summed E-state index contributed by atoms with van der Waals surface area (Å²) in [5.74, 6) is 0.0389. The molecule has 0 aliphatic carbocycles. The van der Waals surface area contributed by atoms with Crippen LogP contribution in [0.4, 0.5) is 10.8 Å². The van der Waals surface area contributed by atoms with Crippen LogP contribution in [0.3, 0.4) is 0 Å². The molecule has 0 atom stereocenters. The number of rotatable bonds is 7. The first-order valence-corrected chi connectivity index (χ1v) is 8.66. The molecule has 128 valence electrons. The Morgan fingerprint density at radius 1 is 1.25 bits per heavy atom. The third-order valence-electron chi connectivity index (χ3n) is 3.72. The molecule has 24 heavy (non-hydrogen) atoms. The van der Waals surface area contributed by atoms with Crippen LogP contribution in [0.2, 0.25) is 0 Å². The molecule has 0 radical (unpaired) electrons. The Labute approximate surface area is 145 Å². The Balaban J connectivity index is 2.15. The molecule has 0 saturated heterocycles. The molecule has 1 heterocycles. The van der Waals surface area contributed by atoms with Gasteiger partial charge < -0.3 is 10.1 Å². The monoisotopic (exact) mass is 347 g/mol. The van der Waals surface area contributed by atoms with Crippen molar-refractivity contribution in [2.45, 2.75) is 26.7 Å². The van der Waals surface area contributed by atoms with Gasteiger partial charge in [-0.25, -0.2) is 4.98 Å². The molecule has 7 heteroatoms. The van der Waals surface area contributed by atoms with E-state index in [-0.39, 0.29) is 17.7 Å². The van der Waals surface area contributed by atoms with Gasteiger partial charge in [0.1, 0.15) is 5.75 Å². The molecule has 0 unspecified atom stereocenters. The summed E-state index contributed by atoms with van der Waals surface area (Å²) in [5.41, 5.74) is 0.989. The van der Waals surface area contributed by atoms with E-state index in [0.717, 1.165) is 12.8 Å². The van der Waals surface area contributed by atoms with E-state index in [1.807, 2.05) is 13.8 Å². The molecule has 2 amide bonds. The van der Waals surface area contributed by atoms with Gasteiger partial charge in [-0.2, -0.15) is 0 Å². The first-order chi connectivity index (χ1) is 11.6. The second kappa shape index (κ2) is 8.44. The number of ether oxygens (including phenoxy) is 1. The van der Waals surface area contributed by atoms with Crippen molar-refractivity contribution in [1.82, 2.24) is 4.98 Å². The number of benzene rings is 1. The van der Waals surface area contributed by atoms with E-state index in [9.17, 15) is 9.59 Å². The van der Waals surface area contributed by atoms with Crippen molar-refractivity contribution in [2.24, 2.45) is 5.92 Å². The Morgan fingerprint density at radius 3 is 2.58 bits per heavy atom. The highest BCUT2D eigenvalue weighted by Crippen LogP contribution is 2.25. The lowest BCUT2D eigenvalue weighted by Crippen LogP contribution is -2.21. The lowest BCUT2D eigenvalue weighted by atomic mass is 10.0. The third-order valence-corrected chi connectivity index (χ3v) is 4.41. The van der Waals surface area contributed by atoms with Gasteiger partial charge in [0.05, 0.1) is 12.7 Å². The van der Waals surface area contributed by atoms with Gasteiger partial charge in [-0.05, 0) is 25.0 Å². The molecule has 0 aliphatic heterocycles. The van der Waals surface area contributed by atoms with Gasteiger partial charge in [0.15, 0.2) is 5.13 Å². The first-order valence-electron chi connectivity index (χ1n) is 7.78. The van der Waals surface area contributed by atoms with Gasteiger partial charge in [-0.1, -0.05) is 13.8 Å². The van der Waals surface area contributed by atoms with Crippen LogP contribution in [-0.4, -0.2) is 23.9 Å². The maximum absolute atomic E-state index is 12.3.